The summed E-state index contributed by atoms with van der Waals surface area (Å²) in [4.78, 5) is 16.6. The number of aromatic amines is 1. The van der Waals surface area contributed by atoms with E-state index >= 15 is 0 Å². The maximum absolute atomic E-state index is 12.6. The van der Waals surface area contributed by atoms with E-state index in [9.17, 15) is 4.79 Å². The lowest BCUT2D eigenvalue weighted by Gasteiger charge is -2.39. The van der Waals surface area contributed by atoms with E-state index < -0.39 is 0 Å². The minimum Gasteiger partial charge on any atom is -0.381 e. The highest BCUT2D eigenvalue weighted by Crippen LogP contribution is 2.28. The van der Waals surface area contributed by atoms with E-state index in [4.69, 9.17) is 9.47 Å². The van der Waals surface area contributed by atoms with Gasteiger partial charge in [0, 0.05) is 37.8 Å². The second-order valence-corrected chi connectivity index (χ2v) is 7.23. The molecule has 0 spiro atoms. The first-order valence-corrected chi connectivity index (χ1v) is 9.83. The molecule has 0 unspecified atom stereocenters. The number of H-pyrrole nitrogens is 1. The van der Waals surface area contributed by atoms with Crippen LogP contribution < -0.4 is 10.6 Å². The van der Waals surface area contributed by atoms with Crippen molar-refractivity contribution in [2.75, 3.05) is 19.8 Å². The standard InChI is InChI=1S/C18H31N5O3/c1-2-7-26-16-4-3-13(18(24)19-11-17-20-12-21-23-17)10-15(16)22-14-5-8-25-9-6-14/h12-16,22H,2-11H2,1H3,(H,19,24)(H,20,21,23)/t13-,15+,16+/m0/s1. The molecular formula is C18H31N5O3. The van der Waals surface area contributed by atoms with Crippen LogP contribution in [0.15, 0.2) is 6.33 Å². The zero-order valence-corrected chi connectivity index (χ0v) is 15.6. The van der Waals surface area contributed by atoms with Crippen LogP contribution in [0.2, 0.25) is 0 Å². The first kappa shape index (κ1) is 19.3. The van der Waals surface area contributed by atoms with Crippen molar-refractivity contribution >= 4 is 5.91 Å². The summed E-state index contributed by atoms with van der Waals surface area (Å²) in [6.45, 7) is 4.92. The molecule has 3 N–H and O–H groups in total. The van der Waals surface area contributed by atoms with Crippen molar-refractivity contribution in [3.63, 3.8) is 0 Å². The third kappa shape index (κ3) is 5.49. The molecule has 2 fully saturated rings. The normalized spacial score (nSPS) is 27.3. The van der Waals surface area contributed by atoms with Crippen LogP contribution in [0, 0.1) is 5.92 Å². The minimum atomic E-state index is 0.0109. The Kier molecular flexibility index (Phi) is 7.40. The van der Waals surface area contributed by atoms with Crippen molar-refractivity contribution in [1.29, 1.82) is 0 Å². The van der Waals surface area contributed by atoms with Crippen molar-refractivity contribution in [1.82, 2.24) is 25.8 Å². The fourth-order valence-electron chi connectivity index (χ4n) is 3.82. The Bertz CT molecular complexity index is 533. The number of carbonyl (C=O) groups excluding carboxylic acids is 1. The Balaban J connectivity index is 1.53. The molecule has 0 bridgehead atoms. The Labute approximate surface area is 154 Å². The summed E-state index contributed by atoms with van der Waals surface area (Å²) < 4.78 is 11.5. The molecule has 3 rings (SSSR count). The van der Waals surface area contributed by atoms with Gasteiger partial charge in [0.25, 0.3) is 0 Å². The van der Waals surface area contributed by atoms with Gasteiger partial charge < -0.3 is 20.1 Å². The van der Waals surface area contributed by atoms with Crippen molar-refractivity contribution in [2.45, 2.75) is 70.2 Å². The van der Waals surface area contributed by atoms with Gasteiger partial charge in [-0.25, -0.2) is 4.98 Å². The van der Waals surface area contributed by atoms with E-state index in [1.807, 2.05) is 0 Å². The Hall–Kier alpha value is -1.51. The quantitative estimate of drug-likeness (QED) is 0.639. The molecule has 2 aliphatic rings. The lowest BCUT2D eigenvalue weighted by Crippen LogP contribution is -2.52. The Morgan fingerprint density at radius 2 is 2.19 bits per heavy atom. The molecule has 8 nitrogen and oxygen atoms in total. The molecule has 1 amide bonds. The predicted octanol–water partition coefficient (Wildman–Crippen LogP) is 1.15. The van der Waals surface area contributed by atoms with Crippen LogP contribution in [0.3, 0.4) is 0 Å². The Morgan fingerprint density at radius 3 is 2.92 bits per heavy atom. The third-order valence-corrected chi connectivity index (χ3v) is 5.26. The minimum absolute atomic E-state index is 0.0109. The van der Waals surface area contributed by atoms with Crippen LogP contribution in [0.4, 0.5) is 0 Å². The molecule has 3 atom stereocenters. The molecule has 146 valence electrons. The summed E-state index contributed by atoms with van der Waals surface area (Å²) in [7, 11) is 0. The molecule has 0 aromatic carbocycles. The number of nitrogens with one attached hydrogen (secondary N) is 3. The summed E-state index contributed by atoms with van der Waals surface area (Å²) in [6, 6.07) is 0.678. The van der Waals surface area contributed by atoms with Crippen molar-refractivity contribution in [3.05, 3.63) is 12.2 Å². The monoisotopic (exact) mass is 365 g/mol. The van der Waals surface area contributed by atoms with Gasteiger partial charge in [-0.05, 0) is 38.5 Å². The molecule has 26 heavy (non-hydrogen) atoms. The molecule has 1 aliphatic heterocycles. The molecule has 8 heteroatoms. The van der Waals surface area contributed by atoms with Crippen molar-refractivity contribution in [3.8, 4) is 0 Å². The lowest BCUT2D eigenvalue weighted by molar-refractivity contribution is -0.128. The van der Waals surface area contributed by atoms with Gasteiger partial charge in [-0.2, -0.15) is 5.10 Å². The number of carbonyl (C=O) groups is 1. The predicted molar refractivity (Wildman–Crippen MR) is 96.4 cm³/mol. The number of aromatic nitrogens is 3. The van der Waals surface area contributed by atoms with Crippen molar-refractivity contribution < 1.29 is 14.3 Å². The van der Waals surface area contributed by atoms with Gasteiger partial charge in [-0.3, -0.25) is 9.89 Å². The van der Waals surface area contributed by atoms with E-state index in [1.54, 1.807) is 0 Å². The highest BCUT2D eigenvalue weighted by Gasteiger charge is 2.35. The summed E-state index contributed by atoms with van der Waals surface area (Å²) in [5.74, 6) is 0.779. The van der Waals surface area contributed by atoms with Crippen LogP contribution in [0.5, 0.6) is 0 Å². The first-order chi connectivity index (χ1) is 12.8. The highest BCUT2D eigenvalue weighted by atomic mass is 16.5. The van der Waals surface area contributed by atoms with Crippen LogP contribution in [0.1, 0.15) is 51.3 Å². The van der Waals surface area contributed by atoms with Gasteiger partial charge in [0.05, 0.1) is 12.6 Å². The van der Waals surface area contributed by atoms with Crippen LogP contribution in [-0.4, -0.2) is 59.1 Å². The average molecular weight is 365 g/mol. The van der Waals surface area contributed by atoms with Crippen LogP contribution in [0.25, 0.3) is 0 Å². The molecule has 2 heterocycles. The van der Waals surface area contributed by atoms with Crippen LogP contribution >= 0.6 is 0 Å². The van der Waals surface area contributed by atoms with Crippen LogP contribution in [-0.2, 0) is 20.8 Å². The largest absolute Gasteiger partial charge is 0.381 e. The molecule has 0 radical (unpaired) electrons. The first-order valence-electron chi connectivity index (χ1n) is 9.83. The molecule has 1 aliphatic carbocycles. The van der Waals surface area contributed by atoms with Crippen molar-refractivity contribution in [2.24, 2.45) is 5.92 Å². The van der Waals surface area contributed by atoms with E-state index in [-0.39, 0.29) is 24.0 Å². The number of hydrogen-bond donors (Lipinski definition) is 3. The molecular weight excluding hydrogens is 334 g/mol. The third-order valence-electron chi connectivity index (χ3n) is 5.26. The molecule has 1 saturated carbocycles. The number of amides is 1. The van der Waals surface area contributed by atoms with Gasteiger partial charge in [0.15, 0.2) is 0 Å². The van der Waals surface area contributed by atoms with Gasteiger partial charge in [0.2, 0.25) is 5.91 Å². The summed E-state index contributed by atoms with van der Waals surface area (Å²) in [5.41, 5.74) is 0. The fourth-order valence-corrected chi connectivity index (χ4v) is 3.82. The highest BCUT2D eigenvalue weighted by molar-refractivity contribution is 5.78. The second kappa shape index (κ2) is 9.99. The Morgan fingerprint density at radius 1 is 1.35 bits per heavy atom. The smallest absolute Gasteiger partial charge is 0.223 e. The number of nitrogens with zero attached hydrogens (tertiary/aromatic N) is 2. The molecule has 1 aromatic rings. The topological polar surface area (TPSA) is 101 Å². The summed E-state index contributed by atoms with van der Waals surface area (Å²) >= 11 is 0. The molecule has 1 aromatic heterocycles. The lowest BCUT2D eigenvalue weighted by atomic mass is 9.82. The second-order valence-electron chi connectivity index (χ2n) is 7.23. The number of ether oxygens (including phenoxy) is 2. The van der Waals surface area contributed by atoms with Gasteiger partial charge >= 0.3 is 0 Å². The maximum Gasteiger partial charge on any atom is 0.223 e. The van der Waals surface area contributed by atoms with Gasteiger partial charge in [-0.15, -0.1) is 0 Å². The maximum atomic E-state index is 12.6. The van der Waals surface area contributed by atoms with E-state index in [2.05, 4.69) is 32.7 Å². The zero-order chi connectivity index (χ0) is 18.2. The van der Waals surface area contributed by atoms with Gasteiger partial charge in [-0.1, -0.05) is 6.92 Å². The number of hydrogen-bond acceptors (Lipinski definition) is 6. The van der Waals surface area contributed by atoms with Gasteiger partial charge in [0.1, 0.15) is 12.2 Å². The average Bonchev–Trinajstić information content (AvgIpc) is 3.19. The number of rotatable bonds is 8. The van der Waals surface area contributed by atoms with E-state index in [0.717, 1.165) is 58.3 Å². The summed E-state index contributed by atoms with van der Waals surface area (Å²) in [5, 5.41) is 13.3. The van der Waals surface area contributed by atoms with E-state index in [1.165, 1.54) is 6.33 Å². The molecule has 1 saturated heterocycles. The SMILES string of the molecule is CCCO[C@@H]1CC[C@H](C(=O)NCc2ncn[nH]2)C[C@H]1NC1CCOCC1. The zero-order valence-electron chi connectivity index (χ0n) is 15.6. The fraction of sp³-hybridized carbons (Fsp3) is 0.833. The summed E-state index contributed by atoms with van der Waals surface area (Å²) in [6.07, 6.45) is 7.31. The van der Waals surface area contributed by atoms with E-state index in [0.29, 0.717) is 18.4 Å².